The summed E-state index contributed by atoms with van der Waals surface area (Å²) in [5, 5.41) is 4.01. The highest BCUT2D eigenvalue weighted by atomic mass is 35.5. The Balaban J connectivity index is 1.62. The molecule has 0 aliphatic carbocycles. The van der Waals surface area contributed by atoms with E-state index in [0.717, 1.165) is 15.4 Å². The fourth-order valence-electron chi connectivity index (χ4n) is 3.09. The molecule has 9 heteroatoms. The van der Waals surface area contributed by atoms with E-state index in [1.165, 1.54) is 12.1 Å². The lowest BCUT2D eigenvalue weighted by molar-refractivity contribution is -0.119. The monoisotopic (exact) mass is 522 g/mol. The SMILES string of the molecule is Cc1cccc(N(CC(=O)NCCSCc2ccc(Cl)cc2Cl)S(=O)(=O)c2ccccc2)c1. The number of nitrogens with one attached hydrogen (secondary N) is 1. The molecule has 3 rings (SSSR count). The van der Waals surface area contributed by atoms with Crippen LogP contribution >= 0.6 is 35.0 Å². The van der Waals surface area contributed by atoms with Gasteiger partial charge in [-0.05, 0) is 54.4 Å². The van der Waals surface area contributed by atoms with Crippen LogP contribution in [0.1, 0.15) is 11.1 Å². The van der Waals surface area contributed by atoms with Gasteiger partial charge in [0, 0.05) is 28.1 Å². The second-order valence-electron chi connectivity index (χ2n) is 7.30. The van der Waals surface area contributed by atoms with Crippen molar-refractivity contribution < 1.29 is 13.2 Å². The van der Waals surface area contributed by atoms with Gasteiger partial charge >= 0.3 is 0 Å². The molecule has 0 unspecified atom stereocenters. The zero-order valence-corrected chi connectivity index (χ0v) is 21.1. The van der Waals surface area contributed by atoms with E-state index in [2.05, 4.69) is 5.32 Å². The van der Waals surface area contributed by atoms with Crippen molar-refractivity contribution >= 4 is 56.6 Å². The molecular weight excluding hydrogens is 499 g/mol. The Morgan fingerprint density at radius 1 is 1.00 bits per heavy atom. The first-order valence-electron chi connectivity index (χ1n) is 10.2. The van der Waals surface area contributed by atoms with Gasteiger partial charge in [-0.3, -0.25) is 9.10 Å². The number of carbonyl (C=O) groups excluding carboxylic acids is 1. The van der Waals surface area contributed by atoms with Gasteiger partial charge < -0.3 is 5.32 Å². The molecule has 0 radical (unpaired) electrons. The van der Waals surface area contributed by atoms with Gasteiger partial charge in [0.25, 0.3) is 10.0 Å². The highest BCUT2D eigenvalue weighted by molar-refractivity contribution is 7.98. The lowest BCUT2D eigenvalue weighted by Gasteiger charge is -2.24. The molecule has 0 bridgehead atoms. The Labute approximate surface area is 209 Å². The molecule has 1 amide bonds. The molecule has 3 aromatic carbocycles. The van der Waals surface area contributed by atoms with Crippen LogP contribution in [0.3, 0.4) is 0 Å². The molecule has 0 aromatic heterocycles. The van der Waals surface area contributed by atoms with Crippen LogP contribution in [-0.2, 0) is 20.6 Å². The number of hydrogen-bond donors (Lipinski definition) is 1. The fraction of sp³-hybridized carbons (Fsp3) is 0.208. The van der Waals surface area contributed by atoms with Crippen LogP contribution in [0.5, 0.6) is 0 Å². The van der Waals surface area contributed by atoms with Crippen molar-refractivity contribution in [3.63, 3.8) is 0 Å². The van der Waals surface area contributed by atoms with Gasteiger partial charge in [-0.25, -0.2) is 8.42 Å². The van der Waals surface area contributed by atoms with Crippen LogP contribution in [0.15, 0.2) is 77.7 Å². The van der Waals surface area contributed by atoms with Crippen LogP contribution in [0.4, 0.5) is 5.69 Å². The van der Waals surface area contributed by atoms with E-state index in [1.54, 1.807) is 60.3 Å². The van der Waals surface area contributed by atoms with Crippen molar-refractivity contribution in [3.05, 3.63) is 94.0 Å². The normalized spacial score (nSPS) is 11.2. The second-order valence-corrected chi connectivity index (χ2v) is 11.1. The molecule has 0 heterocycles. The van der Waals surface area contributed by atoms with Crippen LogP contribution in [-0.4, -0.2) is 33.2 Å². The Morgan fingerprint density at radius 3 is 2.45 bits per heavy atom. The third-order valence-electron chi connectivity index (χ3n) is 4.75. The summed E-state index contributed by atoms with van der Waals surface area (Å²) >= 11 is 13.7. The van der Waals surface area contributed by atoms with E-state index in [-0.39, 0.29) is 17.3 Å². The number of aryl methyl sites for hydroxylation is 1. The Kier molecular flexibility index (Phi) is 9.09. The topological polar surface area (TPSA) is 66.5 Å². The largest absolute Gasteiger partial charge is 0.354 e. The van der Waals surface area contributed by atoms with E-state index in [9.17, 15) is 13.2 Å². The molecule has 0 saturated carbocycles. The molecule has 0 fully saturated rings. The average Bonchev–Trinajstić information content (AvgIpc) is 2.79. The van der Waals surface area contributed by atoms with Crippen molar-refractivity contribution in [2.75, 3.05) is 23.1 Å². The zero-order valence-electron chi connectivity index (χ0n) is 18.0. The number of sulfonamides is 1. The number of amides is 1. The Morgan fingerprint density at radius 2 is 1.76 bits per heavy atom. The summed E-state index contributed by atoms with van der Waals surface area (Å²) in [4.78, 5) is 12.8. The maximum absolute atomic E-state index is 13.3. The van der Waals surface area contributed by atoms with Crippen LogP contribution in [0, 0.1) is 6.92 Å². The summed E-state index contributed by atoms with van der Waals surface area (Å²) in [7, 11) is -3.90. The minimum absolute atomic E-state index is 0.134. The smallest absolute Gasteiger partial charge is 0.264 e. The van der Waals surface area contributed by atoms with Crippen molar-refractivity contribution in [2.24, 2.45) is 0 Å². The minimum atomic E-state index is -3.90. The number of carbonyl (C=O) groups is 1. The van der Waals surface area contributed by atoms with Crippen LogP contribution in [0.25, 0.3) is 0 Å². The first kappa shape index (κ1) is 25.4. The third-order valence-corrected chi connectivity index (χ3v) is 8.13. The summed E-state index contributed by atoms with van der Waals surface area (Å²) in [6, 6.07) is 20.6. The third kappa shape index (κ3) is 7.14. The number of nitrogens with zero attached hydrogens (tertiary/aromatic N) is 1. The minimum Gasteiger partial charge on any atom is -0.354 e. The van der Waals surface area contributed by atoms with Crippen molar-refractivity contribution in [3.8, 4) is 0 Å². The first-order valence-corrected chi connectivity index (χ1v) is 13.6. The molecule has 5 nitrogen and oxygen atoms in total. The van der Waals surface area contributed by atoms with Crippen LogP contribution < -0.4 is 9.62 Å². The van der Waals surface area contributed by atoms with Gasteiger partial charge in [0.2, 0.25) is 5.91 Å². The van der Waals surface area contributed by atoms with Crippen molar-refractivity contribution in [1.82, 2.24) is 5.32 Å². The molecule has 0 spiro atoms. The summed E-state index contributed by atoms with van der Waals surface area (Å²) < 4.78 is 27.7. The zero-order chi connectivity index (χ0) is 23.8. The lowest BCUT2D eigenvalue weighted by atomic mass is 10.2. The highest BCUT2D eigenvalue weighted by Crippen LogP contribution is 2.25. The van der Waals surface area contributed by atoms with E-state index >= 15 is 0 Å². The quantitative estimate of drug-likeness (QED) is 0.354. The number of halogens is 2. The summed E-state index contributed by atoms with van der Waals surface area (Å²) in [6.45, 7) is 1.97. The average molecular weight is 524 g/mol. The standard InChI is InChI=1S/C24H24Cl2N2O3S2/c1-18-6-5-7-21(14-18)28(33(30,31)22-8-3-2-4-9-22)16-24(29)27-12-13-32-17-19-10-11-20(25)15-23(19)26/h2-11,14-15H,12-13,16-17H2,1H3,(H,27,29). The van der Waals surface area contributed by atoms with Gasteiger partial charge in [-0.2, -0.15) is 11.8 Å². The number of thioether (sulfide) groups is 1. The molecule has 174 valence electrons. The molecule has 3 aromatic rings. The fourth-order valence-corrected chi connectivity index (χ4v) is 5.94. The maximum Gasteiger partial charge on any atom is 0.264 e. The van der Waals surface area contributed by atoms with Gasteiger partial charge in [0.1, 0.15) is 6.54 Å². The maximum atomic E-state index is 13.3. The van der Waals surface area contributed by atoms with E-state index in [1.807, 2.05) is 19.1 Å². The van der Waals surface area contributed by atoms with E-state index < -0.39 is 10.0 Å². The van der Waals surface area contributed by atoms with Gasteiger partial charge in [-0.15, -0.1) is 0 Å². The van der Waals surface area contributed by atoms with Crippen molar-refractivity contribution in [2.45, 2.75) is 17.6 Å². The molecule has 33 heavy (non-hydrogen) atoms. The Hall–Kier alpha value is -2.19. The number of anilines is 1. The summed E-state index contributed by atoms with van der Waals surface area (Å²) in [5.74, 6) is 0.964. The summed E-state index contributed by atoms with van der Waals surface area (Å²) in [5.41, 5.74) is 2.32. The first-order chi connectivity index (χ1) is 15.8. The molecule has 0 atom stereocenters. The predicted octanol–water partition coefficient (Wildman–Crippen LogP) is 5.55. The van der Waals surface area contributed by atoms with Gasteiger partial charge in [0.05, 0.1) is 10.6 Å². The van der Waals surface area contributed by atoms with Gasteiger partial charge in [0.15, 0.2) is 0 Å². The van der Waals surface area contributed by atoms with Crippen LogP contribution in [0.2, 0.25) is 10.0 Å². The van der Waals surface area contributed by atoms with E-state index in [4.69, 9.17) is 23.2 Å². The number of benzene rings is 3. The van der Waals surface area contributed by atoms with Gasteiger partial charge in [-0.1, -0.05) is 59.6 Å². The molecule has 1 N–H and O–H groups in total. The molecule has 0 aliphatic rings. The lowest BCUT2D eigenvalue weighted by Crippen LogP contribution is -2.41. The number of hydrogen-bond acceptors (Lipinski definition) is 4. The number of rotatable bonds is 10. The van der Waals surface area contributed by atoms with Crippen molar-refractivity contribution in [1.29, 1.82) is 0 Å². The highest BCUT2D eigenvalue weighted by Gasteiger charge is 2.27. The predicted molar refractivity (Wildman–Crippen MR) is 138 cm³/mol. The molecule has 0 saturated heterocycles. The summed E-state index contributed by atoms with van der Waals surface area (Å²) in [6.07, 6.45) is 0. The van der Waals surface area contributed by atoms with E-state index in [0.29, 0.717) is 33.8 Å². The molecular formula is C24H24Cl2N2O3S2. The second kappa shape index (κ2) is 11.8. The molecule has 0 aliphatic heterocycles. The Bertz CT molecular complexity index is 1210.